The number of aliphatic imine (C=N–C) groups is 1. The van der Waals surface area contributed by atoms with Gasteiger partial charge in [0.05, 0.1) is 12.3 Å². The van der Waals surface area contributed by atoms with Crippen molar-refractivity contribution in [2.45, 2.75) is 36.7 Å². The fraction of sp³-hybridized carbons (Fsp3) is 0.438. The molecule has 148 valence electrons. The van der Waals surface area contributed by atoms with Crippen LogP contribution in [0.15, 0.2) is 40.5 Å². The molecule has 8 N–H and O–H groups in total. The van der Waals surface area contributed by atoms with E-state index in [1.807, 2.05) is 31.2 Å². The Bertz CT molecular complexity index is 748. The normalized spacial score (nSPS) is 25.1. The molecule has 0 saturated carbocycles. The minimum atomic E-state index is -1.70. The second-order valence-electron chi connectivity index (χ2n) is 6.30. The highest BCUT2D eigenvalue weighted by Crippen LogP contribution is 2.36. The number of hydrazine groups is 2. The number of hydrogen-bond donors (Lipinski definition) is 7. The summed E-state index contributed by atoms with van der Waals surface area (Å²) < 4.78 is 0. The molecule has 0 aromatic heterocycles. The van der Waals surface area contributed by atoms with Gasteiger partial charge in [-0.15, -0.1) is 11.8 Å². The Morgan fingerprint density at radius 1 is 1.22 bits per heavy atom. The second kappa shape index (κ2) is 8.02. The molecule has 1 saturated heterocycles. The minimum absolute atomic E-state index is 0.332. The molecule has 11 heteroatoms. The molecule has 2 aliphatic rings. The van der Waals surface area contributed by atoms with E-state index in [1.54, 1.807) is 5.41 Å². The Morgan fingerprint density at radius 2 is 1.93 bits per heavy atom. The number of para-hydroxylation sites is 1. The number of aliphatic hydroxyl groups is 5. The number of aryl methyl sites for hydroxylation is 1. The van der Waals surface area contributed by atoms with Crippen LogP contribution in [0, 0.1) is 6.92 Å². The first kappa shape index (κ1) is 19.9. The molecule has 0 amide bonds. The van der Waals surface area contributed by atoms with Crippen LogP contribution in [-0.2, 0) is 0 Å². The highest BCUT2D eigenvalue weighted by Gasteiger charge is 2.45. The quantitative estimate of drug-likeness (QED) is 0.276. The van der Waals surface area contributed by atoms with Crippen LogP contribution in [0.3, 0.4) is 0 Å². The van der Waals surface area contributed by atoms with Crippen molar-refractivity contribution in [2.24, 2.45) is 10.8 Å². The lowest BCUT2D eigenvalue weighted by Gasteiger charge is -2.32. The summed E-state index contributed by atoms with van der Waals surface area (Å²) in [5, 5.41) is 52.6. The van der Waals surface area contributed by atoms with Gasteiger partial charge in [-0.3, -0.25) is 10.4 Å². The van der Waals surface area contributed by atoms with E-state index in [2.05, 4.69) is 10.4 Å². The van der Waals surface area contributed by atoms with E-state index in [-0.39, 0.29) is 0 Å². The summed E-state index contributed by atoms with van der Waals surface area (Å²) in [4.78, 5) is 4.48. The molecule has 2 heterocycles. The Balaban J connectivity index is 1.76. The number of nitrogens with one attached hydrogen (secondary N) is 1. The first-order valence-corrected chi connectivity index (χ1v) is 9.23. The summed E-state index contributed by atoms with van der Waals surface area (Å²) in [7, 11) is 0. The number of nitrogens with zero attached hydrogens (tertiary/aromatic N) is 3. The summed E-state index contributed by atoms with van der Waals surface area (Å²) in [6.07, 6.45) is -6.39. The van der Waals surface area contributed by atoms with Crippen LogP contribution in [0.4, 0.5) is 5.69 Å². The van der Waals surface area contributed by atoms with Crippen molar-refractivity contribution >= 4 is 23.4 Å². The molecule has 1 fully saturated rings. The summed E-state index contributed by atoms with van der Waals surface area (Å²) in [5.74, 6) is 6.93. The molecule has 5 atom stereocenters. The lowest BCUT2D eigenvalue weighted by molar-refractivity contribution is -0.122. The van der Waals surface area contributed by atoms with Gasteiger partial charge in [0.1, 0.15) is 29.8 Å². The van der Waals surface area contributed by atoms with E-state index in [0.717, 1.165) is 11.3 Å². The molecule has 0 bridgehead atoms. The van der Waals surface area contributed by atoms with E-state index in [0.29, 0.717) is 11.8 Å². The van der Waals surface area contributed by atoms with E-state index >= 15 is 0 Å². The van der Waals surface area contributed by atoms with Gasteiger partial charge in [0.25, 0.3) is 0 Å². The predicted molar refractivity (Wildman–Crippen MR) is 99.9 cm³/mol. The third-order valence-electron chi connectivity index (χ3n) is 4.42. The van der Waals surface area contributed by atoms with E-state index in [4.69, 9.17) is 10.9 Å². The van der Waals surface area contributed by atoms with Crippen molar-refractivity contribution in [2.75, 3.05) is 6.61 Å². The summed E-state index contributed by atoms with van der Waals surface area (Å²) >= 11 is 1.18. The molecule has 1 aromatic carbocycles. The van der Waals surface area contributed by atoms with Crippen molar-refractivity contribution in [3.05, 3.63) is 41.1 Å². The first-order chi connectivity index (χ1) is 12.8. The van der Waals surface area contributed by atoms with Gasteiger partial charge in [-0.2, -0.15) is 0 Å². The molecule has 1 aromatic rings. The van der Waals surface area contributed by atoms with Gasteiger partial charge < -0.3 is 25.5 Å². The van der Waals surface area contributed by atoms with Gasteiger partial charge in [-0.1, -0.05) is 18.2 Å². The number of guanidine groups is 1. The average molecular weight is 397 g/mol. The number of aliphatic hydroxyl groups excluding tert-OH is 5. The van der Waals surface area contributed by atoms with Gasteiger partial charge in [-0.05, 0) is 18.6 Å². The zero-order chi connectivity index (χ0) is 19.7. The number of rotatable bonds is 6. The molecule has 10 nitrogen and oxygen atoms in total. The van der Waals surface area contributed by atoms with Crippen LogP contribution in [0.2, 0.25) is 0 Å². The lowest BCUT2D eigenvalue weighted by Crippen LogP contribution is -2.54. The van der Waals surface area contributed by atoms with Crippen LogP contribution < -0.4 is 11.3 Å². The Kier molecular flexibility index (Phi) is 5.91. The Labute approximate surface area is 160 Å². The van der Waals surface area contributed by atoms with Crippen molar-refractivity contribution in [1.29, 1.82) is 0 Å². The standard InChI is InChI=1S/C16H23N5O5S/c1-8-4-2-3-5-9(8)18-16-19-21-11(20(16)17)7-27-15(21)14(26)13(25)12(24)10(23)6-22/h2-5,7,10,12-15,22-26H,6,17H2,1H3,(H,18,19)/t10-,12-,13+,14-,15?/m1/s1. The first-order valence-electron chi connectivity index (χ1n) is 8.29. The fourth-order valence-corrected chi connectivity index (χ4v) is 3.86. The number of nitrogens with two attached hydrogens (primary N) is 1. The lowest BCUT2D eigenvalue weighted by atomic mass is 10.0. The highest BCUT2D eigenvalue weighted by atomic mass is 32.2. The minimum Gasteiger partial charge on any atom is -0.394 e. The zero-order valence-electron chi connectivity index (χ0n) is 14.5. The molecule has 0 radical (unpaired) electrons. The summed E-state index contributed by atoms with van der Waals surface area (Å²) in [6.45, 7) is 1.18. The van der Waals surface area contributed by atoms with Crippen molar-refractivity contribution in [1.82, 2.24) is 15.4 Å². The maximum absolute atomic E-state index is 10.4. The highest BCUT2D eigenvalue weighted by molar-refractivity contribution is 8.03. The number of hydrogen-bond acceptors (Lipinski definition) is 9. The molecule has 0 aliphatic carbocycles. The van der Waals surface area contributed by atoms with E-state index in [9.17, 15) is 20.4 Å². The third kappa shape index (κ3) is 3.75. The second-order valence-corrected chi connectivity index (χ2v) is 7.29. The monoisotopic (exact) mass is 397 g/mol. The molecule has 0 spiro atoms. The van der Waals surface area contributed by atoms with Crippen LogP contribution >= 0.6 is 11.8 Å². The van der Waals surface area contributed by atoms with Crippen LogP contribution in [0.25, 0.3) is 0 Å². The largest absolute Gasteiger partial charge is 0.394 e. The average Bonchev–Trinajstić information content (AvgIpc) is 3.21. The van der Waals surface area contributed by atoms with Gasteiger partial charge in [0, 0.05) is 5.41 Å². The SMILES string of the molecule is Cc1ccccc1N=C1NN2C(=CSC2[C@H](O)[C@@H](O)[C@H](O)[C@H](O)CO)N1N. The van der Waals surface area contributed by atoms with Crippen molar-refractivity contribution in [3.8, 4) is 0 Å². The molecule has 27 heavy (non-hydrogen) atoms. The van der Waals surface area contributed by atoms with Gasteiger partial charge in [-0.25, -0.2) is 15.8 Å². The summed E-state index contributed by atoms with van der Waals surface area (Å²) in [6, 6.07) is 7.52. The maximum atomic E-state index is 10.4. The zero-order valence-corrected chi connectivity index (χ0v) is 15.4. The summed E-state index contributed by atoms with van der Waals surface area (Å²) in [5.41, 5.74) is 4.66. The van der Waals surface area contributed by atoms with Gasteiger partial charge >= 0.3 is 0 Å². The smallest absolute Gasteiger partial charge is 0.239 e. The van der Waals surface area contributed by atoms with Crippen LogP contribution in [-0.4, -0.2) is 77.9 Å². The predicted octanol–water partition coefficient (Wildman–Crippen LogP) is -1.71. The van der Waals surface area contributed by atoms with E-state index < -0.39 is 36.4 Å². The molecule has 3 rings (SSSR count). The topological polar surface area (TPSA) is 158 Å². The van der Waals surface area contributed by atoms with Crippen molar-refractivity contribution in [3.63, 3.8) is 0 Å². The fourth-order valence-electron chi connectivity index (χ4n) is 2.76. The van der Waals surface area contributed by atoms with Crippen LogP contribution in [0.5, 0.6) is 0 Å². The number of fused-ring (bicyclic) bond motifs is 1. The number of thioether (sulfide) groups is 1. The Morgan fingerprint density at radius 3 is 2.59 bits per heavy atom. The van der Waals surface area contributed by atoms with E-state index in [1.165, 1.54) is 21.8 Å². The Hall–Kier alpha value is -1.86. The maximum Gasteiger partial charge on any atom is 0.239 e. The van der Waals surface area contributed by atoms with Gasteiger partial charge in [0.2, 0.25) is 5.96 Å². The van der Waals surface area contributed by atoms with Crippen LogP contribution in [0.1, 0.15) is 5.56 Å². The molecular formula is C16H23N5O5S. The van der Waals surface area contributed by atoms with Gasteiger partial charge in [0.15, 0.2) is 5.82 Å². The molecule has 1 unspecified atom stereocenters. The molecule has 2 aliphatic heterocycles. The number of benzene rings is 1. The molecular weight excluding hydrogens is 374 g/mol. The third-order valence-corrected chi connectivity index (χ3v) is 5.54. The van der Waals surface area contributed by atoms with Crippen molar-refractivity contribution < 1.29 is 25.5 Å².